The predicted molar refractivity (Wildman–Crippen MR) is 105 cm³/mol. The molecule has 1 aromatic heterocycles. The fraction of sp³-hybridized carbons (Fsp3) is 0.688. The Morgan fingerprint density at radius 2 is 1.87 bits per heavy atom. The summed E-state index contributed by atoms with van der Waals surface area (Å²) in [6.45, 7) is 14.3. The summed E-state index contributed by atoms with van der Waals surface area (Å²) >= 11 is 6.95. The number of rotatable bonds is 1. The Morgan fingerprint density at radius 1 is 1.22 bits per heavy atom. The summed E-state index contributed by atoms with van der Waals surface area (Å²) in [5, 5.41) is 3.50. The second kappa shape index (κ2) is 5.95. The number of thiazole rings is 1. The second-order valence-corrected chi connectivity index (χ2v) is 15.9. The van der Waals surface area contributed by atoms with Crippen molar-refractivity contribution in [2.75, 3.05) is 6.61 Å². The molecule has 128 valence electrons. The molecule has 23 heavy (non-hydrogen) atoms. The van der Waals surface area contributed by atoms with Crippen molar-refractivity contribution in [2.24, 2.45) is 0 Å². The Kier molecular flexibility index (Phi) is 4.69. The molecule has 3 rings (SSSR count). The Balaban J connectivity index is 1.91. The molecule has 0 saturated carbocycles. The normalized spacial score (nSPS) is 27.7. The molecule has 7 heteroatoms. The van der Waals surface area contributed by atoms with Gasteiger partial charge in [0.1, 0.15) is 9.61 Å². The molecular weight excluding hydrogens is 410 g/mol. The molecule has 3 heterocycles. The lowest BCUT2D eigenvalue weighted by Crippen LogP contribution is -2.63. The van der Waals surface area contributed by atoms with E-state index in [0.29, 0.717) is 5.25 Å². The Hall–Kier alpha value is 0.337. The van der Waals surface area contributed by atoms with Gasteiger partial charge in [0.2, 0.25) is 0 Å². The molecule has 1 saturated heterocycles. The van der Waals surface area contributed by atoms with E-state index in [4.69, 9.17) is 8.85 Å². The zero-order chi connectivity index (χ0) is 17.0. The quantitative estimate of drug-likeness (QED) is 0.521. The summed E-state index contributed by atoms with van der Waals surface area (Å²) in [4.78, 5) is 5.77. The molecule has 0 spiro atoms. The molecule has 1 aromatic rings. The van der Waals surface area contributed by atoms with Gasteiger partial charge in [-0.15, -0.1) is 23.1 Å². The lowest BCUT2D eigenvalue weighted by atomic mass is 10.2. The Bertz CT molecular complexity index is 619. The van der Waals surface area contributed by atoms with Gasteiger partial charge in [0.15, 0.2) is 0 Å². The van der Waals surface area contributed by atoms with E-state index >= 15 is 0 Å². The summed E-state index contributed by atoms with van der Waals surface area (Å²) in [6.07, 6.45) is 2.40. The molecule has 0 bridgehead atoms. The van der Waals surface area contributed by atoms with Crippen LogP contribution in [0.5, 0.6) is 0 Å². The number of nitrogens with zero attached hydrogens (tertiary/aromatic N) is 1. The Labute approximate surface area is 156 Å². The molecular formula is C16H24BrNO2S2Si. The maximum absolute atomic E-state index is 6.77. The molecule has 2 aliphatic heterocycles. The van der Waals surface area contributed by atoms with Crippen LogP contribution in [0.15, 0.2) is 16.1 Å². The van der Waals surface area contributed by atoms with Gasteiger partial charge in [-0.05, 0) is 22.0 Å². The van der Waals surface area contributed by atoms with Crippen molar-refractivity contribution < 1.29 is 8.85 Å². The highest BCUT2D eigenvalue weighted by Gasteiger charge is 2.62. The molecule has 2 aliphatic rings. The van der Waals surface area contributed by atoms with Gasteiger partial charge >= 0.3 is 8.56 Å². The van der Waals surface area contributed by atoms with Gasteiger partial charge in [-0.1, -0.05) is 41.5 Å². The molecule has 0 aliphatic carbocycles. The van der Waals surface area contributed by atoms with Crippen LogP contribution in [0, 0.1) is 0 Å². The molecule has 3 nitrogen and oxygen atoms in total. The maximum Gasteiger partial charge on any atom is 0.349 e. The fourth-order valence-corrected chi connectivity index (χ4v) is 11.3. The summed E-state index contributed by atoms with van der Waals surface area (Å²) < 4.78 is 14.2. The van der Waals surface area contributed by atoms with Gasteiger partial charge in [-0.25, -0.2) is 4.98 Å². The van der Waals surface area contributed by atoms with E-state index in [1.54, 1.807) is 11.3 Å². The highest BCUT2D eigenvalue weighted by atomic mass is 79.9. The largest absolute Gasteiger partial charge is 0.392 e. The van der Waals surface area contributed by atoms with Crippen LogP contribution in [0.3, 0.4) is 0 Å². The lowest BCUT2D eigenvalue weighted by Gasteiger charge is -2.53. The number of thioether (sulfide) groups is 1. The summed E-state index contributed by atoms with van der Waals surface area (Å²) in [5.41, 5.74) is 0. The van der Waals surface area contributed by atoms with E-state index in [2.05, 4.69) is 68.5 Å². The van der Waals surface area contributed by atoms with Crippen LogP contribution in [0.25, 0.3) is 4.91 Å². The first-order chi connectivity index (χ1) is 10.5. The van der Waals surface area contributed by atoms with E-state index in [9.17, 15) is 0 Å². The number of hydrogen-bond donors (Lipinski definition) is 0. The SMILES string of the molecule is CC(C)(C)[Si]1(C(C)(C)C)OC[C@H]2SC(c3nc(Br)cs3)=C[C@@H]2O1. The highest BCUT2D eigenvalue weighted by molar-refractivity contribution is 9.10. The highest BCUT2D eigenvalue weighted by Crippen LogP contribution is 2.57. The molecule has 0 unspecified atom stereocenters. The molecule has 2 atom stereocenters. The van der Waals surface area contributed by atoms with Gasteiger partial charge in [0.25, 0.3) is 0 Å². The minimum absolute atomic E-state index is 0.0295. The van der Waals surface area contributed by atoms with Crippen LogP contribution in [-0.2, 0) is 8.85 Å². The first kappa shape index (κ1) is 18.1. The predicted octanol–water partition coefficient (Wildman–Crippen LogP) is 5.82. The molecule has 0 aromatic carbocycles. The van der Waals surface area contributed by atoms with E-state index in [0.717, 1.165) is 16.2 Å². The van der Waals surface area contributed by atoms with E-state index in [1.807, 2.05) is 17.1 Å². The summed E-state index contributed by atoms with van der Waals surface area (Å²) in [5.74, 6) is 0. The van der Waals surface area contributed by atoms with Crippen molar-refractivity contribution in [3.63, 3.8) is 0 Å². The third kappa shape index (κ3) is 3.13. The van der Waals surface area contributed by atoms with Gasteiger partial charge in [-0.2, -0.15) is 0 Å². The van der Waals surface area contributed by atoms with Gasteiger partial charge in [0.05, 0.1) is 18.0 Å². The van der Waals surface area contributed by atoms with Gasteiger partial charge in [0, 0.05) is 20.4 Å². The molecule has 0 amide bonds. The minimum atomic E-state index is -2.38. The number of aromatic nitrogens is 1. The van der Waals surface area contributed by atoms with Crippen molar-refractivity contribution in [2.45, 2.75) is 63.0 Å². The van der Waals surface area contributed by atoms with Gasteiger partial charge in [-0.3, -0.25) is 0 Å². The number of halogens is 1. The van der Waals surface area contributed by atoms with Crippen molar-refractivity contribution in [1.82, 2.24) is 4.98 Å². The third-order valence-electron chi connectivity index (χ3n) is 4.38. The smallest absolute Gasteiger partial charge is 0.349 e. The second-order valence-electron chi connectivity index (χ2n) is 8.17. The summed E-state index contributed by atoms with van der Waals surface area (Å²) in [7, 11) is -2.38. The average molecular weight is 434 g/mol. The fourth-order valence-electron chi connectivity index (χ4n) is 3.59. The molecule has 0 radical (unpaired) electrons. The van der Waals surface area contributed by atoms with Crippen LogP contribution < -0.4 is 0 Å². The molecule has 1 fully saturated rings. The standard InChI is InChI=1S/C16H24BrNO2S2Si/c1-15(2,3)23(16(4,5)6)19-8-12-10(20-23)7-11(22-12)14-18-13(17)9-21-14/h7,9-10,12H,8H2,1-6H3/t10-,12+/m0/s1. The van der Waals surface area contributed by atoms with E-state index < -0.39 is 8.56 Å². The van der Waals surface area contributed by atoms with Crippen molar-refractivity contribution >= 4 is 52.5 Å². The molecule has 0 N–H and O–H groups in total. The topological polar surface area (TPSA) is 31.4 Å². The average Bonchev–Trinajstić information content (AvgIpc) is 3.00. The van der Waals surface area contributed by atoms with Crippen LogP contribution in [0.1, 0.15) is 46.6 Å². The van der Waals surface area contributed by atoms with Crippen molar-refractivity contribution in [3.8, 4) is 0 Å². The van der Waals surface area contributed by atoms with E-state index in [1.165, 1.54) is 4.91 Å². The third-order valence-corrected chi connectivity index (χ3v) is 12.5. The van der Waals surface area contributed by atoms with Gasteiger partial charge < -0.3 is 8.85 Å². The monoisotopic (exact) mass is 433 g/mol. The zero-order valence-electron chi connectivity index (χ0n) is 14.5. The number of hydrogen-bond acceptors (Lipinski definition) is 5. The lowest BCUT2D eigenvalue weighted by molar-refractivity contribution is 0.0491. The first-order valence-electron chi connectivity index (χ1n) is 7.85. The maximum atomic E-state index is 6.77. The van der Waals surface area contributed by atoms with Crippen LogP contribution in [0.2, 0.25) is 10.1 Å². The summed E-state index contributed by atoms with van der Waals surface area (Å²) in [6, 6.07) is 0. The minimum Gasteiger partial charge on any atom is -0.392 e. The van der Waals surface area contributed by atoms with E-state index in [-0.39, 0.29) is 16.2 Å². The van der Waals surface area contributed by atoms with Crippen molar-refractivity contribution in [1.29, 1.82) is 0 Å². The van der Waals surface area contributed by atoms with Crippen molar-refractivity contribution in [3.05, 3.63) is 21.1 Å². The zero-order valence-corrected chi connectivity index (χ0v) is 18.7. The van der Waals surface area contributed by atoms with Crippen LogP contribution >= 0.6 is 39.0 Å². The number of fused-ring (bicyclic) bond motifs is 1. The first-order valence-corrected chi connectivity index (χ1v) is 12.2. The van der Waals surface area contributed by atoms with Crippen LogP contribution in [0.4, 0.5) is 0 Å². The van der Waals surface area contributed by atoms with Crippen LogP contribution in [-0.4, -0.2) is 31.5 Å². The Morgan fingerprint density at radius 3 is 2.39 bits per heavy atom.